The molecule has 3 rings (SSSR count). The van der Waals surface area contributed by atoms with Gasteiger partial charge in [0.1, 0.15) is 16.7 Å². The Hall–Kier alpha value is -2.32. The number of carbonyl (C=O) groups is 1. The highest BCUT2D eigenvalue weighted by molar-refractivity contribution is 7.91. The van der Waals surface area contributed by atoms with Gasteiger partial charge < -0.3 is 9.47 Å². The number of carbonyl (C=O) groups excluding carboxylic acids is 1. The number of aromatic nitrogens is 2. The summed E-state index contributed by atoms with van der Waals surface area (Å²) in [7, 11) is -0.0369. The number of nitrogens with zero attached hydrogens (tertiary/aromatic N) is 2. The molecule has 1 saturated heterocycles. The topological polar surface area (TPSA) is 87.5 Å². The number of sulfone groups is 1. The van der Waals surface area contributed by atoms with E-state index in [1.54, 1.807) is 35.9 Å². The highest BCUT2D eigenvalue weighted by Gasteiger charge is 2.31. The maximum Gasteiger partial charge on any atom is 0.189 e. The average molecular weight is 425 g/mol. The zero-order chi connectivity index (χ0) is 20.5. The largest absolute Gasteiger partial charge is 0.497 e. The number of hydrogen-bond donors (Lipinski definition) is 0. The van der Waals surface area contributed by atoms with Crippen LogP contribution in [-0.2, 0) is 9.84 Å². The average Bonchev–Trinajstić information content (AvgIpc) is 3.17. The lowest BCUT2D eigenvalue weighted by Crippen LogP contribution is -2.12. The number of hydrogen-bond acceptors (Lipinski definition) is 6. The lowest BCUT2D eigenvalue weighted by Gasteiger charge is -2.09. The predicted molar refractivity (Wildman–Crippen MR) is 107 cm³/mol. The van der Waals surface area contributed by atoms with E-state index < -0.39 is 9.84 Å². The smallest absolute Gasteiger partial charge is 0.189 e. The van der Waals surface area contributed by atoms with E-state index in [2.05, 4.69) is 5.10 Å². The minimum absolute atomic E-state index is 0.0268. The van der Waals surface area contributed by atoms with E-state index in [-0.39, 0.29) is 23.3 Å². The van der Waals surface area contributed by atoms with E-state index in [4.69, 9.17) is 21.1 Å². The third-order valence-corrected chi connectivity index (χ3v) is 6.83. The molecule has 0 bridgehead atoms. The molecule has 1 unspecified atom stereocenters. The van der Waals surface area contributed by atoms with Gasteiger partial charge in [-0.15, -0.1) is 0 Å². The van der Waals surface area contributed by atoms with Crippen molar-refractivity contribution < 1.29 is 22.7 Å². The second kappa shape index (κ2) is 7.97. The molecule has 9 heteroatoms. The molecule has 0 amide bonds. The quantitative estimate of drug-likeness (QED) is 0.523. The molecule has 28 heavy (non-hydrogen) atoms. The zero-order valence-corrected chi connectivity index (χ0v) is 17.4. The van der Waals surface area contributed by atoms with Crippen molar-refractivity contribution in [2.24, 2.45) is 0 Å². The number of ether oxygens (including phenoxy) is 2. The molecule has 1 aliphatic heterocycles. The van der Waals surface area contributed by atoms with E-state index in [1.807, 2.05) is 0 Å². The molecular formula is C19H21ClN2O5S. The van der Waals surface area contributed by atoms with Crippen molar-refractivity contribution >= 4 is 33.3 Å². The summed E-state index contributed by atoms with van der Waals surface area (Å²) in [6.45, 7) is 1.77. The first-order chi connectivity index (χ1) is 13.3. The van der Waals surface area contributed by atoms with Gasteiger partial charge in [-0.2, -0.15) is 5.10 Å². The van der Waals surface area contributed by atoms with Gasteiger partial charge in [0.25, 0.3) is 0 Å². The van der Waals surface area contributed by atoms with Crippen molar-refractivity contribution in [3.8, 4) is 11.5 Å². The third kappa shape index (κ3) is 4.07. The molecule has 1 fully saturated rings. The maximum absolute atomic E-state index is 12.6. The van der Waals surface area contributed by atoms with Crippen molar-refractivity contribution in [1.29, 1.82) is 0 Å². The van der Waals surface area contributed by atoms with Crippen molar-refractivity contribution in [3.05, 3.63) is 46.2 Å². The van der Waals surface area contributed by atoms with Crippen LogP contribution >= 0.6 is 11.6 Å². The molecule has 1 atom stereocenters. The van der Waals surface area contributed by atoms with Crippen LogP contribution < -0.4 is 9.47 Å². The van der Waals surface area contributed by atoms with Crippen LogP contribution in [-0.4, -0.2) is 49.7 Å². The van der Waals surface area contributed by atoms with E-state index in [9.17, 15) is 13.2 Å². The minimum atomic E-state index is -3.05. The molecule has 1 aromatic heterocycles. The summed E-state index contributed by atoms with van der Waals surface area (Å²) in [4.78, 5) is 12.6. The zero-order valence-electron chi connectivity index (χ0n) is 15.8. The fourth-order valence-corrected chi connectivity index (χ4v) is 5.25. The summed E-state index contributed by atoms with van der Waals surface area (Å²) in [5.41, 5.74) is 1.61. The fraction of sp³-hybridized carbons (Fsp3) is 0.368. The van der Waals surface area contributed by atoms with Gasteiger partial charge in [-0.3, -0.25) is 4.79 Å². The standard InChI is InChI=1S/C19H21ClN2O5S/c1-12-15(19(20)22(21-12)13-8-9-28(24,25)11-13)6-7-17(23)16-5-4-14(26-2)10-18(16)27-3/h4-7,10,13H,8-9,11H2,1-3H3/b7-6+. The Morgan fingerprint density at radius 2 is 2.07 bits per heavy atom. The Bertz CT molecular complexity index is 1040. The van der Waals surface area contributed by atoms with Gasteiger partial charge in [0, 0.05) is 11.6 Å². The van der Waals surface area contributed by atoms with Gasteiger partial charge in [-0.1, -0.05) is 11.6 Å². The monoisotopic (exact) mass is 424 g/mol. The SMILES string of the molecule is COc1ccc(C(=O)/C=C/c2c(C)nn(C3CCS(=O)(=O)C3)c2Cl)c(OC)c1. The van der Waals surface area contributed by atoms with Crippen molar-refractivity contribution in [3.63, 3.8) is 0 Å². The predicted octanol–water partition coefficient (Wildman–Crippen LogP) is 3.12. The summed E-state index contributed by atoms with van der Waals surface area (Å²) < 4.78 is 35.4. The first-order valence-corrected chi connectivity index (χ1v) is 10.8. The van der Waals surface area contributed by atoms with E-state index >= 15 is 0 Å². The second-order valence-electron chi connectivity index (χ2n) is 6.56. The molecular weight excluding hydrogens is 404 g/mol. The molecule has 2 heterocycles. The van der Waals surface area contributed by atoms with E-state index in [0.29, 0.717) is 39.9 Å². The summed E-state index contributed by atoms with van der Waals surface area (Å²) in [5.74, 6) is 0.895. The summed E-state index contributed by atoms with van der Waals surface area (Å²) in [5, 5.41) is 4.71. The van der Waals surface area contributed by atoms with Crippen molar-refractivity contribution in [1.82, 2.24) is 9.78 Å². The number of rotatable bonds is 6. The maximum atomic E-state index is 12.6. The van der Waals surface area contributed by atoms with Crippen LogP contribution in [0.15, 0.2) is 24.3 Å². The lowest BCUT2D eigenvalue weighted by molar-refractivity contribution is 0.104. The van der Waals surface area contributed by atoms with Crippen LogP contribution in [0.5, 0.6) is 11.5 Å². The van der Waals surface area contributed by atoms with Crippen LogP contribution in [0, 0.1) is 6.92 Å². The molecule has 1 aromatic carbocycles. The van der Waals surface area contributed by atoms with Gasteiger partial charge >= 0.3 is 0 Å². The summed E-state index contributed by atoms with van der Waals surface area (Å²) in [6.07, 6.45) is 3.47. The number of benzene rings is 1. The Balaban J connectivity index is 1.86. The highest BCUT2D eigenvalue weighted by atomic mass is 35.5. The number of halogens is 1. The van der Waals surface area contributed by atoms with Crippen LogP contribution in [0.25, 0.3) is 6.08 Å². The van der Waals surface area contributed by atoms with Crippen LogP contribution in [0.1, 0.15) is 34.1 Å². The summed E-state index contributed by atoms with van der Waals surface area (Å²) in [6, 6.07) is 4.67. The molecule has 0 spiro atoms. The molecule has 0 aliphatic carbocycles. The Kier molecular flexibility index (Phi) is 5.81. The first kappa shape index (κ1) is 20.4. The molecule has 150 valence electrons. The van der Waals surface area contributed by atoms with E-state index in [0.717, 1.165) is 0 Å². The van der Waals surface area contributed by atoms with Crippen molar-refractivity contribution in [2.75, 3.05) is 25.7 Å². The van der Waals surface area contributed by atoms with Crippen LogP contribution in [0.2, 0.25) is 5.15 Å². The van der Waals surface area contributed by atoms with E-state index in [1.165, 1.54) is 20.3 Å². The third-order valence-electron chi connectivity index (χ3n) is 4.70. The Morgan fingerprint density at radius 1 is 1.32 bits per heavy atom. The molecule has 0 saturated carbocycles. The van der Waals surface area contributed by atoms with Crippen LogP contribution in [0.3, 0.4) is 0 Å². The number of aryl methyl sites for hydroxylation is 1. The molecule has 7 nitrogen and oxygen atoms in total. The molecule has 1 aliphatic rings. The fourth-order valence-electron chi connectivity index (χ4n) is 3.18. The lowest BCUT2D eigenvalue weighted by atomic mass is 10.1. The van der Waals surface area contributed by atoms with Gasteiger partial charge in [-0.25, -0.2) is 13.1 Å². The highest BCUT2D eigenvalue weighted by Crippen LogP contribution is 2.31. The van der Waals surface area contributed by atoms with Gasteiger partial charge in [0.2, 0.25) is 0 Å². The first-order valence-electron chi connectivity index (χ1n) is 8.65. The second-order valence-corrected chi connectivity index (χ2v) is 9.14. The Labute approximate surface area is 168 Å². The normalized spacial score (nSPS) is 18.5. The molecule has 0 radical (unpaired) electrons. The number of ketones is 1. The Morgan fingerprint density at radius 3 is 2.68 bits per heavy atom. The molecule has 2 aromatic rings. The number of methoxy groups -OCH3 is 2. The van der Waals surface area contributed by atoms with Crippen LogP contribution in [0.4, 0.5) is 0 Å². The summed E-state index contributed by atoms with van der Waals surface area (Å²) >= 11 is 6.43. The molecule has 0 N–H and O–H groups in total. The van der Waals surface area contributed by atoms with Gasteiger partial charge in [0.05, 0.1) is 43.0 Å². The van der Waals surface area contributed by atoms with Gasteiger partial charge in [0.15, 0.2) is 15.6 Å². The van der Waals surface area contributed by atoms with Gasteiger partial charge in [-0.05, 0) is 37.6 Å². The number of allylic oxidation sites excluding steroid dienone is 1. The van der Waals surface area contributed by atoms with Crippen molar-refractivity contribution in [2.45, 2.75) is 19.4 Å². The minimum Gasteiger partial charge on any atom is -0.497 e.